The van der Waals surface area contributed by atoms with E-state index in [1.807, 2.05) is 42.6 Å². The van der Waals surface area contributed by atoms with Crippen LogP contribution in [0.2, 0.25) is 0 Å². The predicted octanol–water partition coefficient (Wildman–Crippen LogP) is 2.30. The number of nitrogens with zero attached hydrogens (tertiary/aromatic N) is 1. The molecule has 0 aliphatic carbocycles. The van der Waals surface area contributed by atoms with E-state index in [2.05, 4.69) is 20.6 Å². The number of carbonyl (C=O) groups excluding carboxylic acids is 2. The van der Waals surface area contributed by atoms with E-state index in [-0.39, 0.29) is 18.4 Å². The molecule has 0 radical (unpaired) electrons. The summed E-state index contributed by atoms with van der Waals surface area (Å²) in [5, 5.41) is 7.07. The summed E-state index contributed by atoms with van der Waals surface area (Å²) in [5.41, 5.74) is 2.52. The number of nitrogens with one attached hydrogen (secondary N) is 3. The number of aromatic amines is 1. The van der Waals surface area contributed by atoms with E-state index < -0.39 is 0 Å². The molecule has 0 aliphatic rings. The van der Waals surface area contributed by atoms with Gasteiger partial charge in [0.1, 0.15) is 0 Å². The van der Waals surface area contributed by atoms with Crippen LogP contribution in [-0.2, 0) is 4.79 Å². The van der Waals surface area contributed by atoms with Crippen LogP contribution in [0.1, 0.15) is 15.2 Å². The maximum absolute atomic E-state index is 11.9. The highest BCUT2D eigenvalue weighted by atomic mass is 32.1. The molecule has 3 N–H and O–H groups in total. The van der Waals surface area contributed by atoms with Gasteiger partial charge in [-0.05, 0) is 36.1 Å². The number of benzene rings is 1. The van der Waals surface area contributed by atoms with Crippen LogP contribution in [0.4, 0.5) is 5.95 Å². The van der Waals surface area contributed by atoms with Gasteiger partial charge in [-0.3, -0.25) is 14.9 Å². The van der Waals surface area contributed by atoms with Crippen molar-refractivity contribution in [2.45, 2.75) is 6.92 Å². The van der Waals surface area contributed by atoms with Crippen LogP contribution < -0.4 is 10.6 Å². The van der Waals surface area contributed by atoms with Crippen LogP contribution in [0.15, 0.2) is 35.7 Å². The molecule has 6 nitrogen and oxygen atoms in total. The lowest BCUT2D eigenvalue weighted by atomic mass is 10.3. The highest BCUT2D eigenvalue weighted by Crippen LogP contribution is 2.15. The minimum absolute atomic E-state index is 0.104. The number of imidazole rings is 1. The predicted molar refractivity (Wildman–Crippen MR) is 86.1 cm³/mol. The van der Waals surface area contributed by atoms with Gasteiger partial charge in [-0.2, -0.15) is 0 Å². The summed E-state index contributed by atoms with van der Waals surface area (Å²) in [7, 11) is 0. The maximum atomic E-state index is 11.9. The summed E-state index contributed by atoms with van der Waals surface area (Å²) in [6.07, 6.45) is 0. The van der Waals surface area contributed by atoms with Crippen LogP contribution in [0.25, 0.3) is 11.0 Å². The Morgan fingerprint density at radius 1 is 1.27 bits per heavy atom. The minimum atomic E-state index is -0.332. The fraction of sp³-hybridized carbons (Fsp3) is 0.133. The Labute approximate surface area is 130 Å². The number of thiophene rings is 1. The van der Waals surface area contributed by atoms with Gasteiger partial charge in [-0.1, -0.05) is 12.1 Å². The second-order valence-electron chi connectivity index (χ2n) is 4.77. The van der Waals surface area contributed by atoms with E-state index in [0.29, 0.717) is 10.8 Å². The van der Waals surface area contributed by atoms with Crippen molar-refractivity contribution < 1.29 is 9.59 Å². The zero-order valence-electron chi connectivity index (χ0n) is 11.8. The number of aromatic nitrogens is 2. The molecule has 3 aromatic rings. The number of carbonyl (C=O) groups is 2. The summed E-state index contributed by atoms with van der Waals surface area (Å²) in [4.78, 5) is 31.7. The smallest absolute Gasteiger partial charge is 0.262 e. The molecule has 3 rings (SSSR count). The molecular formula is C15H14N4O2S. The summed E-state index contributed by atoms with van der Waals surface area (Å²) < 4.78 is 0. The van der Waals surface area contributed by atoms with Crippen LogP contribution in [0.5, 0.6) is 0 Å². The Balaban J connectivity index is 1.58. The van der Waals surface area contributed by atoms with Crippen LogP contribution in [0.3, 0.4) is 0 Å². The molecular weight excluding hydrogens is 300 g/mol. The number of H-pyrrole nitrogens is 1. The molecule has 0 saturated carbocycles. The van der Waals surface area contributed by atoms with Gasteiger partial charge in [0.2, 0.25) is 11.9 Å². The number of rotatable bonds is 4. The maximum Gasteiger partial charge on any atom is 0.262 e. The number of hydrogen-bond donors (Lipinski definition) is 3. The Bertz CT molecular complexity index is 804. The second kappa shape index (κ2) is 5.98. The van der Waals surface area contributed by atoms with Gasteiger partial charge < -0.3 is 10.3 Å². The molecule has 0 aliphatic heterocycles. The third-order valence-corrected chi connectivity index (χ3v) is 4.14. The first-order valence-corrected chi connectivity index (χ1v) is 7.58. The van der Waals surface area contributed by atoms with E-state index in [9.17, 15) is 9.59 Å². The number of hydrogen-bond acceptors (Lipinski definition) is 4. The number of aryl methyl sites for hydroxylation is 1. The fourth-order valence-electron chi connectivity index (χ4n) is 2.03. The second-order valence-corrected chi connectivity index (χ2v) is 5.68. The highest BCUT2D eigenvalue weighted by molar-refractivity contribution is 7.12. The molecule has 0 bridgehead atoms. The molecule has 2 amide bonds. The number of amides is 2. The van der Waals surface area contributed by atoms with E-state index in [1.54, 1.807) is 0 Å². The molecule has 0 atom stereocenters. The van der Waals surface area contributed by atoms with E-state index in [0.717, 1.165) is 16.6 Å². The monoisotopic (exact) mass is 314 g/mol. The molecule has 0 unspecified atom stereocenters. The Morgan fingerprint density at radius 3 is 2.82 bits per heavy atom. The van der Waals surface area contributed by atoms with E-state index >= 15 is 0 Å². The van der Waals surface area contributed by atoms with Crippen molar-refractivity contribution in [3.05, 3.63) is 46.2 Å². The van der Waals surface area contributed by atoms with E-state index in [1.165, 1.54) is 11.3 Å². The molecule has 0 spiro atoms. The lowest BCUT2D eigenvalue weighted by molar-refractivity contribution is -0.115. The first-order chi connectivity index (χ1) is 10.6. The molecule has 22 heavy (non-hydrogen) atoms. The lowest BCUT2D eigenvalue weighted by Gasteiger charge is -2.04. The van der Waals surface area contributed by atoms with Crippen molar-refractivity contribution in [2.75, 3.05) is 11.9 Å². The molecule has 112 valence electrons. The van der Waals surface area contributed by atoms with Crippen molar-refractivity contribution >= 4 is 40.1 Å². The van der Waals surface area contributed by atoms with Crippen molar-refractivity contribution in [2.24, 2.45) is 0 Å². The van der Waals surface area contributed by atoms with Gasteiger partial charge in [0, 0.05) is 0 Å². The Hall–Kier alpha value is -2.67. The van der Waals surface area contributed by atoms with Crippen LogP contribution in [-0.4, -0.2) is 28.3 Å². The molecule has 1 aromatic carbocycles. The van der Waals surface area contributed by atoms with Gasteiger partial charge in [0.25, 0.3) is 5.91 Å². The first kappa shape index (κ1) is 14.3. The van der Waals surface area contributed by atoms with Gasteiger partial charge in [-0.25, -0.2) is 4.98 Å². The molecule has 0 saturated heterocycles. The van der Waals surface area contributed by atoms with E-state index in [4.69, 9.17) is 0 Å². The number of anilines is 1. The molecule has 2 aromatic heterocycles. The quantitative estimate of drug-likeness (QED) is 0.690. The average molecular weight is 314 g/mol. The lowest BCUT2D eigenvalue weighted by Crippen LogP contribution is -2.32. The van der Waals surface area contributed by atoms with Crippen molar-refractivity contribution in [3.8, 4) is 0 Å². The fourth-order valence-corrected chi connectivity index (χ4v) is 2.88. The van der Waals surface area contributed by atoms with Crippen LogP contribution >= 0.6 is 11.3 Å². The number of para-hydroxylation sites is 2. The van der Waals surface area contributed by atoms with Crippen molar-refractivity contribution in [1.29, 1.82) is 0 Å². The molecule has 0 fully saturated rings. The SMILES string of the molecule is Cc1ccsc1C(=O)NCC(=O)Nc1nc2ccccc2[nH]1. The summed E-state index contributed by atoms with van der Waals surface area (Å²) in [5.74, 6) is -0.207. The first-order valence-electron chi connectivity index (χ1n) is 6.70. The largest absolute Gasteiger partial charge is 0.342 e. The minimum Gasteiger partial charge on any atom is -0.342 e. The average Bonchev–Trinajstić information content (AvgIpc) is 3.10. The summed E-state index contributed by atoms with van der Waals surface area (Å²) >= 11 is 1.35. The van der Waals surface area contributed by atoms with Gasteiger partial charge in [0.05, 0.1) is 22.5 Å². The Kier molecular flexibility index (Phi) is 3.88. The van der Waals surface area contributed by atoms with Gasteiger partial charge in [0.15, 0.2) is 0 Å². The van der Waals surface area contributed by atoms with Crippen LogP contribution in [0, 0.1) is 6.92 Å². The molecule has 2 heterocycles. The third kappa shape index (κ3) is 2.99. The van der Waals surface area contributed by atoms with Gasteiger partial charge >= 0.3 is 0 Å². The third-order valence-electron chi connectivity index (χ3n) is 3.13. The number of fused-ring (bicyclic) bond motifs is 1. The highest BCUT2D eigenvalue weighted by Gasteiger charge is 2.12. The zero-order chi connectivity index (χ0) is 15.5. The topological polar surface area (TPSA) is 86.9 Å². The van der Waals surface area contributed by atoms with Gasteiger partial charge in [-0.15, -0.1) is 11.3 Å². The standard InChI is InChI=1S/C15H14N4O2S/c1-9-6-7-22-13(9)14(21)16-8-12(20)19-15-17-10-4-2-3-5-11(10)18-15/h2-7H,8H2,1H3,(H,16,21)(H2,17,18,19,20). The summed E-state index contributed by atoms with van der Waals surface area (Å²) in [6, 6.07) is 9.35. The van der Waals surface area contributed by atoms with Crippen molar-refractivity contribution in [3.63, 3.8) is 0 Å². The zero-order valence-corrected chi connectivity index (χ0v) is 12.7. The summed E-state index contributed by atoms with van der Waals surface area (Å²) in [6.45, 7) is 1.76. The molecule has 7 heteroatoms. The normalized spacial score (nSPS) is 10.6. The van der Waals surface area contributed by atoms with Crippen molar-refractivity contribution in [1.82, 2.24) is 15.3 Å². The Morgan fingerprint density at radius 2 is 2.09 bits per heavy atom.